The summed E-state index contributed by atoms with van der Waals surface area (Å²) >= 11 is 0. The maximum absolute atomic E-state index is 12.5. The summed E-state index contributed by atoms with van der Waals surface area (Å²) in [7, 11) is -5.18. The minimum Gasteiger partial charge on any atom is -0.393 e. The number of phosphoric ester groups is 1. The number of hydrogen-bond acceptors (Lipinski definition) is 11. The molecule has 1 aliphatic heterocycles. The molecule has 0 radical (unpaired) electrons. The summed E-state index contributed by atoms with van der Waals surface area (Å²) in [5, 5.41) is 30.6. The van der Waals surface area contributed by atoms with Crippen molar-refractivity contribution in [2.45, 2.75) is 56.5 Å². The lowest BCUT2D eigenvalue weighted by Gasteiger charge is -2.25. The smallest absolute Gasteiger partial charge is 0.393 e. The fourth-order valence-corrected chi connectivity index (χ4v) is 3.70. The lowest BCUT2D eigenvalue weighted by Crippen LogP contribution is -2.44. The molecule has 0 spiro atoms. The van der Waals surface area contributed by atoms with Gasteiger partial charge in [-0.2, -0.15) is 0 Å². The molecule has 0 aliphatic carbocycles. The van der Waals surface area contributed by atoms with Crippen molar-refractivity contribution in [2.24, 2.45) is 0 Å². The molecule has 7 N–H and O–H groups in total. The number of imidazole rings is 1. The normalized spacial score (nSPS) is 26.7. The predicted molar refractivity (Wildman–Crippen MR) is 98.5 cm³/mol. The third-order valence-corrected chi connectivity index (χ3v) is 5.21. The van der Waals surface area contributed by atoms with Gasteiger partial charge < -0.3 is 35.6 Å². The van der Waals surface area contributed by atoms with E-state index in [1.807, 2.05) is 0 Å². The number of carbonyl (C=O) groups is 1. The van der Waals surface area contributed by atoms with E-state index >= 15 is 0 Å². The average Bonchev–Trinajstić information content (AvgIpc) is 3.22. The summed E-state index contributed by atoms with van der Waals surface area (Å²) < 4.78 is 22.8. The summed E-state index contributed by atoms with van der Waals surface area (Å²) in [6, 6.07) is 0. The first-order valence-corrected chi connectivity index (χ1v) is 10.5. The van der Waals surface area contributed by atoms with Crippen molar-refractivity contribution in [3.05, 3.63) is 12.7 Å². The molecular formula is C15H22N5O9P. The molecule has 14 nitrogen and oxygen atoms in total. The van der Waals surface area contributed by atoms with Gasteiger partial charge in [0.05, 0.1) is 12.4 Å². The number of ketones is 1. The molecule has 0 amide bonds. The van der Waals surface area contributed by atoms with Gasteiger partial charge in [-0.1, -0.05) is 6.92 Å². The SMILES string of the molecule is CCC(O)CC(=O)C(OP(=O)(O)O)[C@H]1O[C@@H](n2cnc3c(N)ncnc32)[C@H](O)[C@@H]1O. The highest BCUT2D eigenvalue weighted by Crippen LogP contribution is 2.42. The van der Waals surface area contributed by atoms with Gasteiger partial charge >= 0.3 is 7.82 Å². The second-order valence-electron chi connectivity index (χ2n) is 6.80. The van der Waals surface area contributed by atoms with Crippen LogP contribution in [-0.2, 0) is 18.6 Å². The van der Waals surface area contributed by atoms with Gasteiger partial charge in [-0.25, -0.2) is 19.5 Å². The van der Waals surface area contributed by atoms with E-state index in [9.17, 15) is 34.5 Å². The Kier molecular flexibility index (Phi) is 6.50. The molecule has 1 aliphatic rings. The number of nitrogens with zero attached hydrogens (tertiary/aromatic N) is 4. The van der Waals surface area contributed by atoms with Gasteiger partial charge in [0.1, 0.15) is 30.2 Å². The zero-order chi connectivity index (χ0) is 22.2. The fourth-order valence-electron chi connectivity index (χ4n) is 3.16. The van der Waals surface area contributed by atoms with Crippen molar-refractivity contribution >= 4 is 30.6 Å². The molecule has 0 bridgehead atoms. The molecule has 2 aromatic rings. The Morgan fingerprint density at radius 3 is 2.67 bits per heavy atom. The van der Waals surface area contributed by atoms with Crippen LogP contribution in [0.1, 0.15) is 26.0 Å². The van der Waals surface area contributed by atoms with Crippen LogP contribution in [-0.4, -0.2) is 80.9 Å². The quantitative estimate of drug-likeness (QED) is 0.247. The molecule has 2 aromatic heterocycles. The summed E-state index contributed by atoms with van der Waals surface area (Å²) in [5.74, 6) is -0.846. The number of aliphatic hydroxyl groups is 3. The van der Waals surface area contributed by atoms with E-state index in [4.69, 9.17) is 10.5 Å². The molecule has 0 aromatic carbocycles. The maximum atomic E-state index is 12.5. The van der Waals surface area contributed by atoms with Crippen molar-refractivity contribution in [1.82, 2.24) is 19.5 Å². The van der Waals surface area contributed by atoms with Crippen molar-refractivity contribution in [2.75, 3.05) is 5.73 Å². The van der Waals surface area contributed by atoms with E-state index < -0.39 is 56.8 Å². The Bertz CT molecular complexity index is 965. The highest BCUT2D eigenvalue weighted by Gasteiger charge is 2.51. The second-order valence-corrected chi connectivity index (χ2v) is 8.00. The summed E-state index contributed by atoms with van der Waals surface area (Å²) in [6.45, 7) is 1.61. The number of aliphatic hydroxyl groups excluding tert-OH is 3. The Balaban J connectivity index is 1.92. The summed E-state index contributed by atoms with van der Waals surface area (Å²) in [5.41, 5.74) is 6.09. The summed E-state index contributed by atoms with van der Waals surface area (Å²) in [4.78, 5) is 42.7. The minimum absolute atomic E-state index is 0.0646. The molecule has 30 heavy (non-hydrogen) atoms. The number of hydrogen-bond donors (Lipinski definition) is 6. The number of nitrogens with two attached hydrogens (primary N) is 1. The number of nitrogen functional groups attached to an aromatic ring is 1. The first-order chi connectivity index (χ1) is 14.0. The van der Waals surface area contributed by atoms with Gasteiger partial charge in [0, 0.05) is 6.42 Å². The summed E-state index contributed by atoms with van der Waals surface area (Å²) in [6.07, 6.45) is -7.31. The van der Waals surface area contributed by atoms with E-state index in [0.717, 1.165) is 6.33 Å². The van der Waals surface area contributed by atoms with Crippen molar-refractivity contribution in [3.8, 4) is 0 Å². The molecule has 0 saturated carbocycles. The van der Waals surface area contributed by atoms with E-state index in [0.29, 0.717) is 0 Å². The predicted octanol–water partition coefficient (Wildman–Crippen LogP) is -1.76. The van der Waals surface area contributed by atoms with Crippen LogP contribution in [0, 0.1) is 0 Å². The largest absolute Gasteiger partial charge is 0.470 e. The topological polar surface area (TPSA) is 223 Å². The minimum atomic E-state index is -5.18. The van der Waals surface area contributed by atoms with Gasteiger partial charge in [0.2, 0.25) is 0 Å². The zero-order valence-electron chi connectivity index (χ0n) is 15.7. The second kappa shape index (κ2) is 8.61. The molecule has 1 fully saturated rings. The number of phosphoric acid groups is 1. The van der Waals surface area contributed by atoms with Crippen LogP contribution in [0.5, 0.6) is 0 Å². The Hall–Kier alpha value is -2.03. The molecule has 1 saturated heterocycles. The first-order valence-electron chi connectivity index (χ1n) is 8.92. The zero-order valence-corrected chi connectivity index (χ0v) is 16.6. The van der Waals surface area contributed by atoms with Crippen LogP contribution in [0.25, 0.3) is 11.2 Å². The lowest BCUT2D eigenvalue weighted by atomic mass is 9.98. The molecule has 166 valence electrons. The van der Waals surface area contributed by atoms with Crippen LogP contribution in [0.15, 0.2) is 12.7 Å². The number of ether oxygens (including phenoxy) is 1. The Labute approximate surface area is 169 Å². The van der Waals surface area contributed by atoms with E-state index in [1.165, 1.54) is 10.9 Å². The number of aromatic nitrogens is 4. The number of carbonyl (C=O) groups excluding carboxylic acids is 1. The van der Waals surface area contributed by atoms with Crippen molar-refractivity contribution in [3.63, 3.8) is 0 Å². The number of anilines is 1. The Morgan fingerprint density at radius 1 is 1.33 bits per heavy atom. The molecule has 15 heteroatoms. The van der Waals surface area contributed by atoms with Gasteiger partial charge in [0.15, 0.2) is 29.6 Å². The lowest BCUT2D eigenvalue weighted by molar-refractivity contribution is -0.141. The number of fused-ring (bicyclic) bond motifs is 1. The standard InChI is InChI=1S/C15H22N5O9P/c1-2-6(21)3-7(22)11(29-30(25,26)27)12-9(23)10(24)15(28-12)20-5-19-8-13(16)17-4-18-14(8)20/h4-6,9-12,15,21,23-24H,2-3H2,1H3,(H2,16,17,18)(H2,25,26,27)/t6?,9-,10+,11?,12-,15+/m0/s1. The van der Waals surface area contributed by atoms with Crippen LogP contribution >= 0.6 is 7.82 Å². The van der Waals surface area contributed by atoms with Crippen LogP contribution < -0.4 is 5.73 Å². The van der Waals surface area contributed by atoms with Gasteiger partial charge in [0.25, 0.3) is 0 Å². The fraction of sp³-hybridized carbons (Fsp3) is 0.600. The van der Waals surface area contributed by atoms with Crippen molar-refractivity contribution in [1.29, 1.82) is 0 Å². The molecule has 6 atom stereocenters. The van der Waals surface area contributed by atoms with Crippen molar-refractivity contribution < 1.29 is 43.7 Å². The van der Waals surface area contributed by atoms with Gasteiger partial charge in [-0.05, 0) is 6.42 Å². The third kappa shape index (κ3) is 4.50. The van der Waals surface area contributed by atoms with Crippen LogP contribution in [0.4, 0.5) is 5.82 Å². The monoisotopic (exact) mass is 447 g/mol. The third-order valence-electron chi connectivity index (χ3n) is 4.71. The van der Waals surface area contributed by atoms with Gasteiger partial charge in [-0.3, -0.25) is 13.9 Å². The maximum Gasteiger partial charge on any atom is 0.470 e. The molecular weight excluding hydrogens is 425 g/mol. The van der Waals surface area contributed by atoms with E-state index in [-0.39, 0.29) is 23.4 Å². The number of Topliss-reactive ketones (excluding diaryl/α,β-unsaturated/α-hetero) is 1. The number of rotatable bonds is 8. The molecule has 3 heterocycles. The van der Waals surface area contributed by atoms with Crippen LogP contribution in [0.3, 0.4) is 0 Å². The first kappa shape index (κ1) is 22.7. The van der Waals surface area contributed by atoms with Gasteiger partial charge in [-0.15, -0.1) is 0 Å². The highest BCUT2D eigenvalue weighted by molar-refractivity contribution is 7.46. The average molecular weight is 447 g/mol. The molecule has 3 rings (SSSR count). The van der Waals surface area contributed by atoms with Crippen LogP contribution in [0.2, 0.25) is 0 Å². The van der Waals surface area contributed by atoms with E-state index in [2.05, 4.69) is 19.5 Å². The van der Waals surface area contributed by atoms with E-state index in [1.54, 1.807) is 6.92 Å². The molecule has 2 unspecified atom stereocenters. The highest BCUT2D eigenvalue weighted by atomic mass is 31.2. The Morgan fingerprint density at radius 2 is 2.03 bits per heavy atom.